The van der Waals surface area contributed by atoms with Crippen molar-refractivity contribution < 1.29 is 23.1 Å². The van der Waals surface area contributed by atoms with Crippen LogP contribution in [0.3, 0.4) is 0 Å². The Kier molecular flexibility index (Phi) is 7.08. The molecule has 4 rings (SSSR count). The molecule has 0 atom stereocenters. The summed E-state index contributed by atoms with van der Waals surface area (Å²) in [5, 5.41) is 9.80. The lowest BCUT2D eigenvalue weighted by molar-refractivity contribution is -0.131. The van der Waals surface area contributed by atoms with E-state index in [1.54, 1.807) is 37.3 Å². The van der Waals surface area contributed by atoms with E-state index in [0.29, 0.717) is 38.4 Å². The van der Waals surface area contributed by atoms with Crippen LogP contribution < -0.4 is 9.62 Å². The van der Waals surface area contributed by atoms with E-state index in [2.05, 4.69) is 9.62 Å². The summed E-state index contributed by atoms with van der Waals surface area (Å²) in [4.78, 5) is 30.5. The van der Waals surface area contributed by atoms with Gasteiger partial charge < -0.3 is 14.9 Å². The number of carbonyl (C=O) groups is 2. The second-order valence-corrected chi connectivity index (χ2v) is 10.5. The molecule has 0 spiro atoms. The van der Waals surface area contributed by atoms with Gasteiger partial charge in [-0.15, -0.1) is 0 Å². The fourth-order valence-electron chi connectivity index (χ4n) is 4.45. The molecule has 2 aliphatic rings. The van der Waals surface area contributed by atoms with Crippen LogP contribution in [-0.2, 0) is 14.8 Å². The molecule has 0 unspecified atom stereocenters. The van der Waals surface area contributed by atoms with E-state index in [1.165, 1.54) is 12.1 Å². The molecule has 2 fully saturated rings. The fourth-order valence-corrected chi connectivity index (χ4v) is 5.60. The lowest BCUT2D eigenvalue weighted by Crippen LogP contribution is -2.50. The summed E-state index contributed by atoms with van der Waals surface area (Å²) in [5.41, 5.74) is 1.57. The summed E-state index contributed by atoms with van der Waals surface area (Å²) >= 11 is 0. The van der Waals surface area contributed by atoms with E-state index in [9.17, 15) is 23.1 Å². The SMILES string of the molecule is Cc1cccc(S(=O)(=O)Nc2ccc(N3CCN(CC(=O)N4CCCC4)CC3)c(C(=O)O)c2)c1. The second kappa shape index (κ2) is 10.0. The summed E-state index contributed by atoms with van der Waals surface area (Å²) in [6.07, 6.45) is 2.13. The van der Waals surface area contributed by atoms with Gasteiger partial charge in [0.2, 0.25) is 5.91 Å². The molecule has 1 amide bonds. The highest BCUT2D eigenvalue weighted by Gasteiger charge is 2.26. The Bertz CT molecular complexity index is 1170. The molecule has 0 aliphatic carbocycles. The Balaban J connectivity index is 1.44. The highest BCUT2D eigenvalue weighted by atomic mass is 32.2. The Morgan fingerprint density at radius 3 is 2.32 bits per heavy atom. The molecule has 10 heteroatoms. The van der Waals surface area contributed by atoms with Crippen LogP contribution in [0.25, 0.3) is 0 Å². The van der Waals surface area contributed by atoms with Crippen molar-refractivity contribution in [3.63, 3.8) is 0 Å². The molecule has 0 aromatic heterocycles. The third-order valence-corrected chi connectivity index (χ3v) is 7.69. The predicted molar refractivity (Wildman–Crippen MR) is 130 cm³/mol. The minimum atomic E-state index is -3.84. The number of piperazine rings is 1. The molecule has 0 radical (unpaired) electrons. The van der Waals surface area contributed by atoms with E-state index in [0.717, 1.165) is 31.5 Å². The zero-order chi connectivity index (χ0) is 24.3. The second-order valence-electron chi connectivity index (χ2n) is 8.81. The summed E-state index contributed by atoms with van der Waals surface area (Å²) in [6, 6.07) is 11.1. The Morgan fingerprint density at radius 1 is 0.971 bits per heavy atom. The number of hydrogen-bond donors (Lipinski definition) is 2. The third kappa shape index (κ3) is 5.51. The first-order valence-corrected chi connectivity index (χ1v) is 12.9. The van der Waals surface area contributed by atoms with Gasteiger partial charge in [-0.05, 0) is 55.7 Å². The highest BCUT2D eigenvalue weighted by molar-refractivity contribution is 7.92. The predicted octanol–water partition coefficient (Wildman–Crippen LogP) is 2.24. The molecule has 2 N–H and O–H groups in total. The van der Waals surface area contributed by atoms with Crippen LogP contribution in [0.2, 0.25) is 0 Å². The molecular formula is C24H30N4O5S. The van der Waals surface area contributed by atoms with Crippen molar-refractivity contribution in [3.8, 4) is 0 Å². The first-order valence-electron chi connectivity index (χ1n) is 11.4. The van der Waals surface area contributed by atoms with Crippen LogP contribution in [0.5, 0.6) is 0 Å². The molecule has 2 aromatic rings. The lowest BCUT2D eigenvalue weighted by Gasteiger charge is -2.37. The number of amides is 1. The number of nitrogens with zero attached hydrogens (tertiary/aromatic N) is 3. The minimum absolute atomic E-state index is 0.0334. The fraction of sp³-hybridized carbons (Fsp3) is 0.417. The normalized spacial score (nSPS) is 17.1. The highest BCUT2D eigenvalue weighted by Crippen LogP contribution is 2.27. The average Bonchev–Trinajstić information content (AvgIpc) is 3.35. The maximum Gasteiger partial charge on any atom is 0.337 e. The molecule has 2 aliphatic heterocycles. The van der Waals surface area contributed by atoms with Crippen molar-refractivity contribution in [1.82, 2.24) is 9.80 Å². The number of sulfonamides is 1. The number of aromatic carboxylic acids is 1. The van der Waals surface area contributed by atoms with E-state index in [1.807, 2.05) is 9.80 Å². The van der Waals surface area contributed by atoms with Gasteiger partial charge >= 0.3 is 5.97 Å². The Labute approximate surface area is 200 Å². The number of carbonyl (C=O) groups excluding carboxylic acids is 1. The molecule has 182 valence electrons. The average molecular weight is 487 g/mol. The smallest absolute Gasteiger partial charge is 0.337 e. The van der Waals surface area contributed by atoms with Gasteiger partial charge in [0.1, 0.15) is 0 Å². The van der Waals surface area contributed by atoms with Gasteiger partial charge in [0.05, 0.1) is 22.7 Å². The molecule has 0 saturated carbocycles. The van der Waals surface area contributed by atoms with Crippen LogP contribution in [0, 0.1) is 6.92 Å². The standard InChI is InChI=1S/C24H30N4O5S/c1-18-5-4-6-20(15-18)34(32,33)25-19-7-8-22(21(16-19)24(30)31)27-13-11-26(12-14-27)17-23(29)28-9-2-3-10-28/h4-8,15-16,25H,2-3,9-14,17H2,1H3,(H,30,31). The summed E-state index contributed by atoms with van der Waals surface area (Å²) in [6.45, 7) is 6.34. The number of carboxylic acid groups (broad SMARTS) is 1. The first-order chi connectivity index (χ1) is 16.2. The molecule has 2 saturated heterocycles. The third-order valence-electron chi connectivity index (χ3n) is 6.31. The van der Waals surface area contributed by atoms with E-state index in [-0.39, 0.29) is 22.1 Å². The van der Waals surface area contributed by atoms with Gasteiger partial charge in [0, 0.05) is 45.0 Å². The van der Waals surface area contributed by atoms with Crippen LogP contribution in [0.1, 0.15) is 28.8 Å². The number of carboxylic acids is 1. The van der Waals surface area contributed by atoms with E-state index < -0.39 is 16.0 Å². The molecule has 2 aromatic carbocycles. The van der Waals surface area contributed by atoms with Crippen molar-refractivity contribution in [1.29, 1.82) is 0 Å². The zero-order valence-corrected chi connectivity index (χ0v) is 20.1. The van der Waals surface area contributed by atoms with Gasteiger partial charge in [0.25, 0.3) is 10.0 Å². The van der Waals surface area contributed by atoms with Crippen molar-refractivity contribution in [3.05, 3.63) is 53.6 Å². The molecular weight excluding hydrogens is 456 g/mol. The van der Waals surface area contributed by atoms with E-state index in [4.69, 9.17) is 0 Å². The van der Waals surface area contributed by atoms with Crippen molar-refractivity contribution in [2.24, 2.45) is 0 Å². The quantitative estimate of drug-likeness (QED) is 0.618. The monoisotopic (exact) mass is 486 g/mol. The number of benzene rings is 2. The van der Waals surface area contributed by atoms with Gasteiger partial charge in [-0.2, -0.15) is 0 Å². The number of anilines is 2. The van der Waals surface area contributed by atoms with Crippen molar-refractivity contribution in [2.45, 2.75) is 24.7 Å². The maximum absolute atomic E-state index is 12.7. The Morgan fingerprint density at radius 2 is 1.68 bits per heavy atom. The minimum Gasteiger partial charge on any atom is -0.478 e. The number of hydrogen-bond acceptors (Lipinski definition) is 6. The topological polar surface area (TPSA) is 110 Å². The lowest BCUT2D eigenvalue weighted by atomic mass is 10.1. The number of nitrogens with one attached hydrogen (secondary N) is 1. The molecule has 2 heterocycles. The van der Waals surface area contributed by atoms with Crippen LogP contribution in [-0.4, -0.2) is 81.0 Å². The Hall–Kier alpha value is -3.11. The van der Waals surface area contributed by atoms with Crippen molar-refractivity contribution >= 4 is 33.3 Å². The first kappa shape index (κ1) is 24.0. The zero-order valence-electron chi connectivity index (χ0n) is 19.2. The maximum atomic E-state index is 12.7. The van der Waals surface area contributed by atoms with Crippen molar-refractivity contribution in [2.75, 3.05) is 55.4 Å². The molecule has 9 nitrogen and oxygen atoms in total. The van der Waals surface area contributed by atoms with Crippen LogP contribution in [0.15, 0.2) is 47.4 Å². The van der Waals surface area contributed by atoms with Gasteiger partial charge in [-0.25, -0.2) is 13.2 Å². The van der Waals surface area contributed by atoms with Gasteiger partial charge in [-0.1, -0.05) is 12.1 Å². The molecule has 0 bridgehead atoms. The number of aryl methyl sites for hydroxylation is 1. The van der Waals surface area contributed by atoms with Gasteiger partial charge in [-0.3, -0.25) is 14.4 Å². The van der Waals surface area contributed by atoms with Crippen LogP contribution >= 0.6 is 0 Å². The molecule has 34 heavy (non-hydrogen) atoms. The van der Waals surface area contributed by atoms with Crippen LogP contribution in [0.4, 0.5) is 11.4 Å². The van der Waals surface area contributed by atoms with Gasteiger partial charge in [0.15, 0.2) is 0 Å². The van der Waals surface area contributed by atoms with E-state index >= 15 is 0 Å². The number of rotatable bonds is 7. The summed E-state index contributed by atoms with van der Waals surface area (Å²) in [5.74, 6) is -0.972. The number of likely N-dealkylation sites (tertiary alicyclic amines) is 1. The summed E-state index contributed by atoms with van der Waals surface area (Å²) in [7, 11) is -3.84. The summed E-state index contributed by atoms with van der Waals surface area (Å²) < 4.78 is 28.0. The largest absolute Gasteiger partial charge is 0.478 e.